The Morgan fingerprint density at radius 3 is 2.95 bits per heavy atom. The fraction of sp³-hybridized carbons (Fsp3) is 0.0769. The first-order valence-corrected chi connectivity index (χ1v) is 7.07. The number of halogens is 1. The van der Waals surface area contributed by atoms with Crippen LogP contribution >= 0.6 is 27.3 Å². The van der Waals surface area contributed by atoms with Crippen molar-refractivity contribution in [3.8, 4) is 0 Å². The van der Waals surface area contributed by atoms with Crippen LogP contribution in [0.4, 0.5) is 5.69 Å². The van der Waals surface area contributed by atoms with Gasteiger partial charge < -0.3 is 10.5 Å². The van der Waals surface area contributed by atoms with Gasteiger partial charge in [-0.05, 0) is 24.3 Å². The van der Waals surface area contributed by atoms with Gasteiger partial charge in [0.15, 0.2) is 0 Å². The standard InChI is InChI=1S/C13H9BrN2O2S/c1-18-13(17)11-10(15)8-5-6-4-7(14)2-3-9(6)16-12(8)19-11/h2-5H,15H2,1H3. The van der Waals surface area contributed by atoms with Crippen LogP contribution in [-0.4, -0.2) is 18.1 Å². The number of nitrogens with two attached hydrogens (primary N) is 1. The Labute approximate surface area is 121 Å². The molecule has 0 saturated carbocycles. The second kappa shape index (κ2) is 4.47. The van der Waals surface area contributed by atoms with E-state index in [2.05, 4.69) is 20.9 Å². The molecule has 3 aromatic rings. The number of carbonyl (C=O) groups excluding carboxylic acids is 1. The molecule has 0 aliphatic heterocycles. The second-order valence-electron chi connectivity index (χ2n) is 4.01. The molecule has 3 rings (SSSR count). The van der Waals surface area contributed by atoms with Gasteiger partial charge in [0.1, 0.15) is 9.71 Å². The highest BCUT2D eigenvalue weighted by Crippen LogP contribution is 2.35. The lowest BCUT2D eigenvalue weighted by molar-refractivity contribution is 0.0607. The SMILES string of the molecule is COC(=O)c1sc2nc3ccc(Br)cc3cc2c1N. The summed E-state index contributed by atoms with van der Waals surface area (Å²) in [6.07, 6.45) is 0. The van der Waals surface area contributed by atoms with Crippen molar-refractivity contribution in [1.29, 1.82) is 0 Å². The maximum Gasteiger partial charge on any atom is 0.350 e. The summed E-state index contributed by atoms with van der Waals surface area (Å²) in [7, 11) is 1.34. The van der Waals surface area contributed by atoms with E-state index < -0.39 is 5.97 Å². The number of aromatic nitrogens is 1. The number of nitrogen functional groups attached to an aromatic ring is 1. The van der Waals surface area contributed by atoms with Crippen LogP contribution in [0, 0.1) is 0 Å². The molecule has 2 heterocycles. The molecule has 0 atom stereocenters. The predicted octanol–water partition coefficient (Wildman–Crippen LogP) is 3.58. The van der Waals surface area contributed by atoms with Gasteiger partial charge in [0.25, 0.3) is 0 Å². The Hall–Kier alpha value is -1.66. The number of hydrogen-bond acceptors (Lipinski definition) is 5. The number of hydrogen-bond donors (Lipinski definition) is 1. The molecule has 0 aliphatic carbocycles. The normalized spacial score (nSPS) is 11.1. The third kappa shape index (κ3) is 1.97. The zero-order chi connectivity index (χ0) is 13.6. The summed E-state index contributed by atoms with van der Waals surface area (Å²) in [4.78, 5) is 17.3. The van der Waals surface area contributed by atoms with Crippen molar-refractivity contribution in [2.75, 3.05) is 12.8 Å². The van der Waals surface area contributed by atoms with Crippen LogP contribution in [0.1, 0.15) is 9.67 Å². The van der Waals surface area contributed by atoms with Crippen molar-refractivity contribution in [3.63, 3.8) is 0 Å². The summed E-state index contributed by atoms with van der Waals surface area (Å²) in [5.41, 5.74) is 7.30. The van der Waals surface area contributed by atoms with Crippen LogP contribution in [0.5, 0.6) is 0 Å². The summed E-state index contributed by atoms with van der Waals surface area (Å²) in [5.74, 6) is -0.425. The molecule has 0 amide bonds. The van der Waals surface area contributed by atoms with Crippen LogP contribution < -0.4 is 5.73 Å². The third-order valence-corrected chi connectivity index (χ3v) is 4.43. The van der Waals surface area contributed by atoms with Gasteiger partial charge in [-0.1, -0.05) is 15.9 Å². The molecule has 4 nitrogen and oxygen atoms in total. The number of ether oxygens (including phenoxy) is 1. The Bertz CT molecular complexity index is 813. The number of pyridine rings is 1. The minimum absolute atomic E-state index is 0.402. The van der Waals surface area contributed by atoms with E-state index in [1.807, 2.05) is 24.3 Å². The highest BCUT2D eigenvalue weighted by Gasteiger charge is 2.18. The van der Waals surface area contributed by atoms with E-state index >= 15 is 0 Å². The highest BCUT2D eigenvalue weighted by molar-refractivity contribution is 9.10. The summed E-state index contributed by atoms with van der Waals surface area (Å²) in [6, 6.07) is 7.77. The van der Waals surface area contributed by atoms with E-state index in [-0.39, 0.29) is 0 Å². The number of esters is 1. The van der Waals surface area contributed by atoms with Gasteiger partial charge in [0, 0.05) is 15.2 Å². The van der Waals surface area contributed by atoms with Gasteiger partial charge in [0.2, 0.25) is 0 Å². The smallest absolute Gasteiger partial charge is 0.350 e. The van der Waals surface area contributed by atoms with Crippen LogP contribution in [0.15, 0.2) is 28.7 Å². The van der Waals surface area contributed by atoms with Gasteiger partial charge in [-0.2, -0.15) is 0 Å². The lowest BCUT2D eigenvalue weighted by Gasteiger charge is -1.99. The Balaban J connectivity index is 2.34. The van der Waals surface area contributed by atoms with Gasteiger partial charge in [-0.15, -0.1) is 11.3 Å². The van der Waals surface area contributed by atoms with Crippen LogP contribution in [0.25, 0.3) is 21.1 Å². The number of carbonyl (C=O) groups is 1. The topological polar surface area (TPSA) is 65.2 Å². The van der Waals surface area contributed by atoms with Crippen molar-refractivity contribution >= 4 is 60.0 Å². The summed E-state index contributed by atoms with van der Waals surface area (Å²) in [6.45, 7) is 0. The summed E-state index contributed by atoms with van der Waals surface area (Å²) in [5, 5.41) is 1.76. The molecule has 0 unspecified atom stereocenters. The van der Waals surface area contributed by atoms with E-state index in [4.69, 9.17) is 10.5 Å². The van der Waals surface area contributed by atoms with Gasteiger partial charge in [-0.3, -0.25) is 0 Å². The van der Waals surface area contributed by atoms with Crippen molar-refractivity contribution < 1.29 is 9.53 Å². The summed E-state index contributed by atoms with van der Waals surface area (Å²) < 4.78 is 5.69. The number of thiophene rings is 1. The van der Waals surface area contributed by atoms with Crippen LogP contribution in [-0.2, 0) is 4.74 Å². The molecule has 19 heavy (non-hydrogen) atoms. The van der Waals surface area contributed by atoms with Crippen molar-refractivity contribution in [3.05, 3.63) is 33.6 Å². The van der Waals surface area contributed by atoms with E-state index in [0.717, 1.165) is 25.6 Å². The molecule has 1 aromatic carbocycles. The first-order chi connectivity index (χ1) is 9.10. The van der Waals surface area contributed by atoms with Gasteiger partial charge in [-0.25, -0.2) is 9.78 Å². The number of nitrogens with zero attached hydrogens (tertiary/aromatic N) is 1. The molecule has 0 bridgehead atoms. The van der Waals surface area contributed by atoms with Gasteiger partial charge >= 0.3 is 5.97 Å². The third-order valence-electron chi connectivity index (χ3n) is 2.85. The number of methoxy groups -OCH3 is 1. The summed E-state index contributed by atoms with van der Waals surface area (Å²) >= 11 is 4.68. The zero-order valence-electron chi connectivity index (χ0n) is 9.94. The molecule has 2 aromatic heterocycles. The number of rotatable bonds is 1. The average Bonchev–Trinajstić information content (AvgIpc) is 2.72. The van der Waals surface area contributed by atoms with E-state index in [0.29, 0.717) is 10.6 Å². The van der Waals surface area contributed by atoms with Crippen molar-refractivity contribution in [2.24, 2.45) is 0 Å². The average molecular weight is 337 g/mol. The second-order valence-corrected chi connectivity index (χ2v) is 5.93. The van der Waals surface area contributed by atoms with Gasteiger partial charge in [0.05, 0.1) is 18.3 Å². The maximum absolute atomic E-state index is 11.6. The fourth-order valence-electron chi connectivity index (χ4n) is 1.92. The largest absolute Gasteiger partial charge is 0.465 e. The van der Waals surface area contributed by atoms with Crippen LogP contribution in [0.2, 0.25) is 0 Å². The molecule has 0 saturated heterocycles. The highest BCUT2D eigenvalue weighted by atomic mass is 79.9. The molecule has 0 aliphatic rings. The predicted molar refractivity (Wildman–Crippen MR) is 80.6 cm³/mol. The fourth-order valence-corrected chi connectivity index (χ4v) is 3.30. The lowest BCUT2D eigenvalue weighted by atomic mass is 10.2. The van der Waals surface area contributed by atoms with Crippen molar-refractivity contribution in [2.45, 2.75) is 0 Å². The number of benzene rings is 1. The first-order valence-electron chi connectivity index (χ1n) is 5.46. The van der Waals surface area contributed by atoms with Crippen molar-refractivity contribution in [1.82, 2.24) is 4.98 Å². The molecular formula is C13H9BrN2O2S. The monoisotopic (exact) mass is 336 g/mol. The van der Waals surface area contributed by atoms with E-state index in [1.54, 1.807) is 0 Å². The quantitative estimate of drug-likeness (QED) is 0.690. The Morgan fingerprint density at radius 2 is 2.21 bits per heavy atom. The first kappa shape index (κ1) is 12.4. The number of fused-ring (bicyclic) bond motifs is 2. The lowest BCUT2D eigenvalue weighted by Crippen LogP contribution is -2.01. The minimum Gasteiger partial charge on any atom is -0.465 e. The molecule has 0 fully saturated rings. The number of anilines is 1. The zero-order valence-corrected chi connectivity index (χ0v) is 12.3. The Kier molecular flexibility index (Phi) is 2.91. The molecular weight excluding hydrogens is 328 g/mol. The maximum atomic E-state index is 11.6. The molecule has 6 heteroatoms. The van der Waals surface area contributed by atoms with Crippen LogP contribution in [0.3, 0.4) is 0 Å². The molecule has 2 N–H and O–H groups in total. The molecule has 96 valence electrons. The molecule has 0 spiro atoms. The van der Waals surface area contributed by atoms with E-state index in [9.17, 15) is 4.79 Å². The molecule has 0 radical (unpaired) electrons. The Morgan fingerprint density at radius 1 is 1.42 bits per heavy atom. The van der Waals surface area contributed by atoms with E-state index in [1.165, 1.54) is 18.4 Å². The minimum atomic E-state index is -0.425.